The summed E-state index contributed by atoms with van der Waals surface area (Å²) in [5.41, 5.74) is 0.893. The third kappa shape index (κ3) is 4.01. The van der Waals surface area contributed by atoms with Gasteiger partial charge in [-0.1, -0.05) is 19.8 Å². The molecule has 2 heterocycles. The summed E-state index contributed by atoms with van der Waals surface area (Å²) in [5, 5.41) is 24.4. The van der Waals surface area contributed by atoms with Crippen molar-refractivity contribution >= 4 is 11.8 Å². The van der Waals surface area contributed by atoms with Crippen LogP contribution in [0.3, 0.4) is 0 Å². The molecule has 7 heteroatoms. The number of aromatic nitrogens is 4. The number of nitrogens with zero attached hydrogens (tertiary/aromatic N) is 4. The van der Waals surface area contributed by atoms with Crippen molar-refractivity contribution in [3.05, 3.63) is 30.1 Å². The number of anilines is 1. The zero-order valence-electron chi connectivity index (χ0n) is 12.2. The van der Waals surface area contributed by atoms with Crippen molar-refractivity contribution < 1.29 is 9.90 Å². The number of rotatable bonds is 7. The number of nitrogens with one attached hydrogen (secondary N) is 1. The number of carboxylic acid groups (broad SMARTS) is 1. The van der Waals surface area contributed by atoms with Crippen molar-refractivity contribution in [3.8, 4) is 5.82 Å². The lowest BCUT2D eigenvalue weighted by molar-refractivity contribution is -0.138. The van der Waals surface area contributed by atoms with Gasteiger partial charge in [0.15, 0.2) is 5.82 Å². The predicted octanol–water partition coefficient (Wildman–Crippen LogP) is 2.03. The van der Waals surface area contributed by atoms with E-state index in [0.717, 1.165) is 18.5 Å². The van der Waals surface area contributed by atoms with Gasteiger partial charge in [-0.3, -0.25) is 0 Å². The van der Waals surface area contributed by atoms with E-state index in [-0.39, 0.29) is 0 Å². The highest BCUT2D eigenvalue weighted by molar-refractivity contribution is 5.76. The fourth-order valence-corrected chi connectivity index (χ4v) is 1.91. The molecule has 0 radical (unpaired) electrons. The largest absolute Gasteiger partial charge is 0.480 e. The zero-order chi connectivity index (χ0) is 15.2. The van der Waals surface area contributed by atoms with Gasteiger partial charge in [0.25, 0.3) is 0 Å². The van der Waals surface area contributed by atoms with Crippen LogP contribution >= 0.6 is 0 Å². The molecule has 0 saturated heterocycles. The summed E-state index contributed by atoms with van der Waals surface area (Å²) in [6.45, 7) is 3.92. The summed E-state index contributed by atoms with van der Waals surface area (Å²) in [7, 11) is 0. The molecule has 2 aromatic rings. The summed E-state index contributed by atoms with van der Waals surface area (Å²) >= 11 is 0. The molecule has 1 atom stereocenters. The molecule has 0 saturated carbocycles. The topological polar surface area (TPSA) is 92.9 Å². The quantitative estimate of drug-likeness (QED) is 0.810. The highest BCUT2D eigenvalue weighted by atomic mass is 16.4. The second kappa shape index (κ2) is 6.83. The van der Waals surface area contributed by atoms with Gasteiger partial charge in [-0.2, -0.15) is 5.10 Å². The van der Waals surface area contributed by atoms with E-state index < -0.39 is 12.0 Å². The second-order valence-corrected chi connectivity index (χ2v) is 4.86. The highest BCUT2D eigenvalue weighted by Crippen LogP contribution is 2.11. The Morgan fingerprint density at radius 1 is 1.38 bits per heavy atom. The third-order valence-electron chi connectivity index (χ3n) is 3.07. The van der Waals surface area contributed by atoms with Crippen LogP contribution < -0.4 is 5.32 Å². The molecular weight excluding hydrogens is 270 g/mol. The number of carbonyl (C=O) groups is 1. The molecule has 7 nitrogen and oxygen atoms in total. The van der Waals surface area contributed by atoms with Crippen molar-refractivity contribution in [2.45, 2.75) is 39.2 Å². The van der Waals surface area contributed by atoms with Crippen LogP contribution in [-0.4, -0.2) is 37.1 Å². The van der Waals surface area contributed by atoms with E-state index in [0.29, 0.717) is 18.1 Å². The molecule has 0 aromatic carbocycles. The lowest BCUT2D eigenvalue weighted by Crippen LogP contribution is -2.29. The molecule has 0 aliphatic rings. The Balaban J connectivity index is 2.05. The fraction of sp³-hybridized carbons (Fsp3) is 0.429. The molecule has 0 aliphatic heterocycles. The Labute approximate surface area is 123 Å². The van der Waals surface area contributed by atoms with Gasteiger partial charge in [0, 0.05) is 6.20 Å². The van der Waals surface area contributed by atoms with Gasteiger partial charge >= 0.3 is 5.97 Å². The molecule has 21 heavy (non-hydrogen) atoms. The molecule has 0 spiro atoms. The van der Waals surface area contributed by atoms with Crippen LogP contribution in [0.25, 0.3) is 5.82 Å². The van der Waals surface area contributed by atoms with Crippen LogP contribution in [0.15, 0.2) is 24.4 Å². The van der Waals surface area contributed by atoms with Crippen LogP contribution in [0.5, 0.6) is 0 Å². The van der Waals surface area contributed by atoms with Crippen molar-refractivity contribution in [2.75, 3.05) is 5.32 Å². The number of hydrogen-bond acceptors (Lipinski definition) is 5. The Hall–Kier alpha value is -2.44. The number of aliphatic carboxylic acids is 1. The van der Waals surface area contributed by atoms with Crippen LogP contribution in [0.1, 0.15) is 31.9 Å². The van der Waals surface area contributed by atoms with Crippen LogP contribution in [0, 0.1) is 6.92 Å². The Morgan fingerprint density at radius 3 is 2.71 bits per heavy atom. The molecule has 2 N–H and O–H groups in total. The molecule has 0 amide bonds. The van der Waals surface area contributed by atoms with Crippen LogP contribution in [0.2, 0.25) is 0 Å². The summed E-state index contributed by atoms with van der Waals surface area (Å²) < 4.78 is 1.62. The van der Waals surface area contributed by atoms with E-state index in [4.69, 9.17) is 0 Å². The first kappa shape index (κ1) is 15.0. The molecule has 0 fully saturated rings. The van der Waals surface area contributed by atoms with E-state index in [2.05, 4.69) is 20.6 Å². The lowest BCUT2D eigenvalue weighted by atomic mass is 10.1. The van der Waals surface area contributed by atoms with Crippen molar-refractivity contribution in [2.24, 2.45) is 0 Å². The Bertz CT molecular complexity index is 594. The molecule has 0 bridgehead atoms. The second-order valence-electron chi connectivity index (χ2n) is 4.86. The van der Waals surface area contributed by atoms with E-state index in [1.165, 1.54) is 0 Å². The van der Waals surface area contributed by atoms with Crippen molar-refractivity contribution in [3.63, 3.8) is 0 Å². The average Bonchev–Trinajstić information content (AvgIpc) is 2.90. The van der Waals surface area contributed by atoms with Crippen molar-refractivity contribution in [1.82, 2.24) is 20.0 Å². The van der Waals surface area contributed by atoms with E-state index in [9.17, 15) is 9.90 Å². The molecule has 0 unspecified atom stereocenters. The Morgan fingerprint density at radius 2 is 2.19 bits per heavy atom. The van der Waals surface area contributed by atoms with Gasteiger partial charge in [-0.25, -0.2) is 9.48 Å². The fourth-order valence-electron chi connectivity index (χ4n) is 1.91. The maximum absolute atomic E-state index is 11.2. The average molecular weight is 289 g/mol. The first-order valence-corrected chi connectivity index (χ1v) is 6.96. The van der Waals surface area contributed by atoms with Crippen LogP contribution in [-0.2, 0) is 4.79 Å². The number of carboxylic acids is 1. The van der Waals surface area contributed by atoms with Gasteiger partial charge in [-0.05, 0) is 31.5 Å². The SMILES string of the molecule is CCCC[C@H](Nc1ccc(-n2ccc(C)n2)nn1)C(=O)O. The standard InChI is InChI=1S/C14H19N5O2/c1-3-4-5-11(14(20)21)15-12-6-7-13(17-16-12)19-9-8-10(2)18-19/h6-9,11H,3-5H2,1-2H3,(H,15,16)(H,20,21)/t11-/m0/s1. The maximum Gasteiger partial charge on any atom is 0.326 e. The molecule has 2 rings (SSSR count). The monoisotopic (exact) mass is 289 g/mol. The highest BCUT2D eigenvalue weighted by Gasteiger charge is 2.17. The minimum atomic E-state index is -0.878. The summed E-state index contributed by atoms with van der Waals surface area (Å²) in [6.07, 6.45) is 4.16. The molecule has 112 valence electrons. The van der Waals surface area contributed by atoms with Crippen LogP contribution in [0.4, 0.5) is 5.82 Å². The van der Waals surface area contributed by atoms with E-state index >= 15 is 0 Å². The zero-order valence-corrected chi connectivity index (χ0v) is 12.2. The predicted molar refractivity (Wildman–Crippen MR) is 78.5 cm³/mol. The summed E-state index contributed by atoms with van der Waals surface area (Å²) in [5.74, 6) is 0.164. The number of aryl methyl sites for hydroxylation is 1. The van der Waals surface area contributed by atoms with E-state index in [1.54, 1.807) is 23.0 Å². The lowest BCUT2D eigenvalue weighted by Gasteiger charge is -2.14. The van der Waals surface area contributed by atoms with Gasteiger partial charge in [-0.15, -0.1) is 10.2 Å². The third-order valence-corrected chi connectivity index (χ3v) is 3.07. The maximum atomic E-state index is 11.2. The summed E-state index contributed by atoms with van der Waals surface area (Å²) in [6, 6.07) is 4.69. The number of hydrogen-bond donors (Lipinski definition) is 2. The minimum absolute atomic E-state index is 0.450. The van der Waals surface area contributed by atoms with Gasteiger partial charge in [0.2, 0.25) is 0 Å². The van der Waals surface area contributed by atoms with Gasteiger partial charge < -0.3 is 10.4 Å². The van der Waals surface area contributed by atoms with Crippen molar-refractivity contribution in [1.29, 1.82) is 0 Å². The smallest absolute Gasteiger partial charge is 0.326 e. The molecule has 2 aromatic heterocycles. The van der Waals surface area contributed by atoms with Gasteiger partial charge in [0.1, 0.15) is 11.9 Å². The first-order valence-electron chi connectivity index (χ1n) is 6.96. The number of unbranched alkanes of at least 4 members (excludes halogenated alkanes) is 1. The summed E-state index contributed by atoms with van der Waals surface area (Å²) in [4.78, 5) is 11.2. The first-order chi connectivity index (χ1) is 10.1. The van der Waals surface area contributed by atoms with E-state index in [1.807, 2.05) is 19.9 Å². The normalized spacial score (nSPS) is 12.1. The molecular formula is C14H19N5O2. The molecule has 0 aliphatic carbocycles. The Kier molecular flexibility index (Phi) is 4.86. The minimum Gasteiger partial charge on any atom is -0.480 e. The van der Waals surface area contributed by atoms with Gasteiger partial charge in [0.05, 0.1) is 5.69 Å².